The zero-order chi connectivity index (χ0) is 14.0. The van der Waals surface area contributed by atoms with E-state index in [0.29, 0.717) is 0 Å². The maximum atomic E-state index is 4.33. The van der Waals surface area contributed by atoms with Gasteiger partial charge in [-0.2, -0.15) is 0 Å². The summed E-state index contributed by atoms with van der Waals surface area (Å²) < 4.78 is 5.34. The first-order chi connectivity index (χ1) is 8.93. The summed E-state index contributed by atoms with van der Waals surface area (Å²) in [6, 6.07) is 2.37. The molecule has 0 aromatic carbocycles. The molecule has 2 aromatic heterocycles. The molecular weight excluding hydrogens is 342 g/mol. The average Bonchev–Trinajstić information content (AvgIpc) is 2.94. The van der Waals surface area contributed by atoms with Crippen molar-refractivity contribution in [3.8, 4) is 0 Å². The van der Waals surface area contributed by atoms with Crippen molar-refractivity contribution in [2.75, 3.05) is 7.05 Å². The highest BCUT2D eigenvalue weighted by molar-refractivity contribution is 9.10. The van der Waals surface area contributed by atoms with E-state index in [-0.39, 0.29) is 11.5 Å². The Bertz CT molecular complexity index is 542. The summed E-state index contributed by atoms with van der Waals surface area (Å²) >= 11 is 6.88. The van der Waals surface area contributed by atoms with Gasteiger partial charge in [0.05, 0.1) is 10.6 Å². The van der Waals surface area contributed by atoms with Crippen molar-refractivity contribution in [2.45, 2.75) is 38.6 Å². The van der Waals surface area contributed by atoms with Gasteiger partial charge in [0.15, 0.2) is 0 Å². The third kappa shape index (κ3) is 3.42. The Hall–Kier alpha value is -0.300. The van der Waals surface area contributed by atoms with Crippen LogP contribution >= 0.6 is 38.8 Å². The van der Waals surface area contributed by atoms with Crippen molar-refractivity contribution < 1.29 is 0 Å². The minimum Gasteiger partial charge on any atom is -0.312 e. The molecule has 0 radical (unpaired) electrons. The minimum absolute atomic E-state index is 0.0319. The molecule has 104 valence electrons. The van der Waals surface area contributed by atoms with Crippen molar-refractivity contribution in [1.82, 2.24) is 14.9 Å². The molecule has 0 aliphatic carbocycles. The van der Waals surface area contributed by atoms with E-state index in [1.807, 2.05) is 7.05 Å². The molecule has 1 atom stereocenters. The Morgan fingerprint density at radius 3 is 2.68 bits per heavy atom. The first kappa shape index (κ1) is 15.1. The van der Waals surface area contributed by atoms with Crippen LogP contribution in [-0.4, -0.2) is 16.6 Å². The number of nitrogens with zero attached hydrogens (tertiary/aromatic N) is 2. The summed E-state index contributed by atoms with van der Waals surface area (Å²) in [6.07, 6.45) is 0.960. The molecule has 1 unspecified atom stereocenters. The Balaban J connectivity index is 2.28. The van der Waals surface area contributed by atoms with E-state index in [1.165, 1.54) is 25.8 Å². The van der Waals surface area contributed by atoms with E-state index in [4.69, 9.17) is 0 Å². The van der Waals surface area contributed by atoms with E-state index in [1.54, 1.807) is 11.3 Å². The molecule has 19 heavy (non-hydrogen) atoms. The van der Waals surface area contributed by atoms with Crippen LogP contribution < -0.4 is 5.32 Å². The molecule has 0 saturated carbocycles. The highest BCUT2D eigenvalue weighted by atomic mass is 79.9. The van der Waals surface area contributed by atoms with Crippen LogP contribution in [0.2, 0.25) is 0 Å². The monoisotopic (exact) mass is 359 g/mol. The van der Waals surface area contributed by atoms with E-state index < -0.39 is 0 Å². The Morgan fingerprint density at radius 1 is 1.42 bits per heavy atom. The largest absolute Gasteiger partial charge is 0.312 e. The van der Waals surface area contributed by atoms with Gasteiger partial charge >= 0.3 is 0 Å². The third-order valence-corrected chi connectivity index (χ3v) is 5.76. The SMILES string of the molecule is CNC(Cc1sccc1Br)c1snnc1C(C)(C)C. The van der Waals surface area contributed by atoms with E-state index in [9.17, 15) is 0 Å². The highest BCUT2D eigenvalue weighted by Crippen LogP contribution is 2.34. The van der Waals surface area contributed by atoms with Crippen molar-refractivity contribution in [2.24, 2.45) is 0 Å². The molecule has 2 heterocycles. The fraction of sp³-hybridized carbons (Fsp3) is 0.538. The van der Waals surface area contributed by atoms with Gasteiger partial charge < -0.3 is 5.32 Å². The molecule has 0 spiro atoms. The molecule has 0 amide bonds. The molecule has 1 N–H and O–H groups in total. The minimum atomic E-state index is 0.0319. The van der Waals surface area contributed by atoms with Crippen molar-refractivity contribution >= 4 is 38.8 Å². The fourth-order valence-corrected chi connectivity index (χ4v) is 4.46. The van der Waals surface area contributed by atoms with Crippen LogP contribution in [0.3, 0.4) is 0 Å². The Morgan fingerprint density at radius 2 is 2.16 bits per heavy atom. The predicted molar refractivity (Wildman–Crippen MR) is 86.1 cm³/mol. The number of likely N-dealkylation sites (N-methyl/N-ethyl adjacent to an activating group) is 1. The van der Waals surface area contributed by atoms with Gasteiger partial charge in [-0.25, -0.2) is 0 Å². The maximum absolute atomic E-state index is 4.33. The third-order valence-electron chi connectivity index (χ3n) is 2.97. The molecule has 3 nitrogen and oxygen atoms in total. The van der Waals surface area contributed by atoms with Gasteiger partial charge in [-0.05, 0) is 46.0 Å². The van der Waals surface area contributed by atoms with Gasteiger partial charge in [0.25, 0.3) is 0 Å². The lowest BCUT2D eigenvalue weighted by atomic mass is 9.89. The molecule has 0 bridgehead atoms. The second-order valence-electron chi connectivity index (χ2n) is 5.47. The Labute approximate surface area is 130 Å². The van der Waals surface area contributed by atoms with Gasteiger partial charge in [0, 0.05) is 27.2 Å². The summed E-state index contributed by atoms with van der Waals surface area (Å²) in [6.45, 7) is 6.54. The zero-order valence-corrected chi connectivity index (χ0v) is 14.7. The number of thiophene rings is 1. The average molecular weight is 360 g/mol. The predicted octanol–water partition coefficient (Wildman–Crippen LogP) is 4.16. The van der Waals surface area contributed by atoms with Gasteiger partial charge in [-0.1, -0.05) is 25.3 Å². The van der Waals surface area contributed by atoms with Crippen LogP contribution in [0.5, 0.6) is 0 Å². The second kappa shape index (κ2) is 5.99. The van der Waals surface area contributed by atoms with E-state index in [2.05, 4.69) is 63.1 Å². The van der Waals surface area contributed by atoms with Crippen LogP contribution in [0.4, 0.5) is 0 Å². The number of hydrogen-bond acceptors (Lipinski definition) is 5. The molecule has 0 saturated heterocycles. The van der Waals surface area contributed by atoms with Crippen molar-refractivity contribution in [1.29, 1.82) is 0 Å². The molecule has 2 rings (SSSR count). The highest BCUT2D eigenvalue weighted by Gasteiger charge is 2.27. The fourth-order valence-electron chi connectivity index (χ4n) is 1.93. The normalized spacial score (nSPS) is 13.7. The Kier molecular flexibility index (Phi) is 4.76. The first-order valence-electron chi connectivity index (χ1n) is 6.15. The van der Waals surface area contributed by atoms with E-state index in [0.717, 1.165) is 12.1 Å². The molecule has 0 aliphatic rings. The molecule has 6 heteroatoms. The zero-order valence-electron chi connectivity index (χ0n) is 11.5. The summed E-state index contributed by atoms with van der Waals surface area (Å²) in [5.74, 6) is 0. The lowest BCUT2D eigenvalue weighted by Crippen LogP contribution is -2.23. The maximum Gasteiger partial charge on any atom is 0.0857 e. The smallest absolute Gasteiger partial charge is 0.0857 e. The van der Waals surface area contributed by atoms with Crippen molar-refractivity contribution in [3.63, 3.8) is 0 Å². The lowest BCUT2D eigenvalue weighted by Gasteiger charge is -2.21. The quantitative estimate of drug-likeness (QED) is 0.890. The van der Waals surface area contributed by atoms with Crippen molar-refractivity contribution in [3.05, 3.63) is 31.4 Å². The summed E-state index contributed by atoms with van der Waals surface area (Å²) in [5, 5.41) is 9.84. The van der Waals surface area contributed by atoms with Gasteiger partial charge in [-0.15, -0.1) is 16.4 Å². The summed E-state index contributed by atoms with van der Waals surface area (Å²) in [4.78, 5) is 2.60. The number of hydrogen-bond donors (Lipinski definition) is 1. The number of aromatic nitrogens is 2. The van der Waals surface area contributed by atoms with Crippen LogP contribution in [0.1, 0.15) is 42.3 Å². The van der Waals surface area contributed by atoms with Gasteiger partial charge in [0.2, 0.25) is 0 Å². The standard InChI is InChI=1S/C13H18BrN3S2/c1-13(2,3)12-11(19-17-16-12)9(15-4)7-10-8(14)5-6-18-10/h5-6,9,15H,7H2,1-4H3. The molecule has 2 aromatic rings. The number of rotatable bonds is 4. The number of halogens is 1. The van der Waals surface area contributed by atoms with E-state index >= 15 is 0 Å². The first-order valence-corrected chi connectivity index (χ1v) is 8.60. The topological polar surface area (TPSA) is 37.8 Å². The molecular formula is C13H18BrN3S2. The van der Waals surface area contributed by atoms with Crippen LogP contribution in [-0.2, 0) is 11.8 Å². The summed E-state index contributed by atoms with van der Waals surface area (Å²) in [7, 11) is 2.00. The van der Waals surface area contributed by atoms with Gasteiger partial charge in [0.1, 0.15) is 0 Å². The van der Waals surface area contributed by atoms with Crippen LogP contribution in [0.15, 0.2) is 15.9 Å². The van der Waals surface area contributed by atoms with Crippen LogP contribution in [0.25, 0.3) is 0 Å². The second-order valence-corrected chi connectivity index (χ2v) is 8.11. The number of nitrogens with one attached hydrogen (secondary N) is 1. The van der Waals surface area contributed by atoms with Crippen LogP contribution in [0, 0.1) is 0 Å². The lowest BCUT2D eigenvalue weighted by molar-refractivity contribution is 0.531. The summed E-state index contributed by atoms with van der Waals surface area (Å²) in [5.41, 5.74) is 1.13. The molecule has 0 aliphatic heterocycles. The van der Waals surface area contributed by atoms with Gasteiger partial charge in [-0.3, -0.25) is 0 Å². The molecule has 0 fully saturated rings.